The van der Waals surface area contributed by atoms with Gasteiger partial charge in [-0.25, -0.2) is 4.98 Å². The van der Waals surface area contributed by atoms with Gasteiger partial charge in [0.2, 0.25) is 5.89 Å². The summed E-state index contributed by atoms with van der Waals surface area (Å²) in [6, 6.07) is 20.5. The fourth-order valence-corrected chi connectivity index (χ4v) is 3.82. The molecule has 24 heavy (non-hydrogen) atoms. The van der Waals surface area contributed by atoms with Crippen molar-refractivity contribution in [1.29, 1.82) is 0 Å². The van der Waals surface area contributed by atoms with Gasteiger partial charge in [-0.05, 0) is 19.3 Å². The molecule has 0 radical (unpaired) electrons. The summed E-state index contributed by atoms with van der Waals surface area (Å²) in [6.45, 7) is 0. The van der Waals surface area contributed by atoms with Crippen molar-refractivity contribution in [2.24, 2.45) is 0 Å². The highest BCUT2D eigenvalue weighted by Gasteiger charge is 2.62. The van der Waals surface area contributed by atoms with Crippen LogP contribution < -0.4 is 0 Å². The van der Waals surface area contributed by atoms with E-state index in [1.807, 2.05) is 36.4 Å². The number of aromatic nitrogens is 1. The number of epoxide rings is 1. The molecular formula is C21H19NO2. The molecule has 0 bridgehead atoms. The van der Waals surface area contributed by atoms with Crippen molar-refractivity contribution in [2.75, 3.05) is 0 Å². The Hall–Kier alpha value is -2.39. The summed E-state index contributed by atoms with van der Waals surface area (Å²) in [7, 11) is 0. The molecule has 0 amide bonds. The fraction of sp³-hybridized carbons (Fsp3) is 0.286. The molecular weight excluding hydrogens is 298 g/mol. The zero-order chi connectivity index (χ0) is 16.0. The Kier molecular flexibility index (Phi) is 3.10. The molecule has 0 N–H and O–H groups in total. The molecule has 5 rings (SSSR count). The van der Waals surface area contributed by atoms with Crippen molar-refractivity contribution in [2.45, 2.75) is 37.4 Å². The first-order chi connectivity index (χ1) is 11.9. The number of hydrogen-bond acceptors (Lipinski definition) is 3. The number of ether oxygens (including phenoxy) is 1. The van der Waals surface area contributed by atoms with Crippen molar-refractivity contribution in [3.8, 4) is 22.6 Å². The molecule has 3 nitrogen and oxygen atoms in total. The van der Waals surface area contributed by atoms with Gasteiger partial charge in [-0.1, -0.05) is 67.1 Å². The fourth-order valence-electron chi connectivity index (χ4n) is 3.82. The predicted octanol–water partition coefficient (Wildman–Crippen LogP) is 5.18. The Balaban J connectivity index is 1.65. The van der Waals surface area contributed by atoms with Crippen molar-refractivity contribution >= 4 is 0 Å². The first kappa shape index (κ1) is 14.0. The highest BCUT2D eigenvalue weighted by molar-refractivity contribution is 5.76. The second-order valence-corrected chi connectivity index (χ2v) is 6.67. The average molecular weight is 317 g/mol. The molecule has 1 saturated heterocycles. The van der Waals surface area contributed by atoms with Crippen molar-refractivity contribution in [3.63, 3.8) is 0 Å². The second kappa shape index (κ2) is 5.32. The lowest BCUT2D eigenvalue weighted by atomic mass is 9.89. The Morgan fingerprint density at radius 1 is 0.875 bits per heavy atom. The lowest BCUT2D eigenvalue weighted by Crippen LogP contribution is -2.17. The predicted molar refractivity (Wildman–Crippen MR) is 92.4 cm³/mol. The average Bonchev–Trinajstić information content (AvgIpc) is 3.24. The summed E-state index contributed by atoms with van der Waals surface area (Å²) in [5.41, 5.74) is 2.77. The van der Waals surface area contributed by atoms with Crippen molar-refractivity contribution in [1.82, 2.24) is 4.98 Å². The van der Waals surface area contributed by atoms with E-state index in [1.165, 1.54) is 12.8 Å². The Morgan fingerprint density at radius 2 is 1.58 bits per heavy atom. The second-order valence-electron chi connectivity index (χ2n) is 6.67. The number of hydrogen-bond donors (Lipinski definition) is 0. The number of fused-ring (bicyclic) bond motifs is 1. The lowest BCUT2D eigenvalue weighted by molar-refractivity contribution is 0.244. The van der Waals surface area contributed by atoms with Crippen molar-refractivity contribution in [3.05, 3.63) is 66.6 Å². The first-order valence-corrected chi connectivity index (χ1v) is 8.67. The van der Waals surface area contributed by atoms with E-state index in [4.69, 9.17) is 14.1 Å². The third-order valence-corrected chi connectivity index (χ3v) is 5.15. The summed E-state index contributed by atoms with van der Waals surface area (Å²) >= 11 is 0. The Morgan fingerprint density at radius 3 is 2.29 bits per heavy atom. The topological polar surface area (TPSA) is 38.6 Å². The van der Waals surface area contributed by atoms with Gasteiger partial charge in [0.1, 0.15) is 5.69 Å². The van der Waals surface area contributed by atoms with Gasteiger partial charge in [0.05, 0.1) is 6.10 Å². The summed E-state index contributed by atoms with van der Waals surface area (Å²) < 4.78 is 12.3. The van der Waals surface area contributed by atoms with Crippen LogP contribution in [0.25, 0.3) is 22.6 Å². The van der Waals surface area contributed by atoms with E-state index in [0.717, 1.165) is 41.3 Å². The molecule has 2 aromatic carbocycles. The highest BCUT2D eigenvalue weighted by atomic mass is 16.6. The van der Waals surface area contributed by atoms with Gasteiger partial charge in [0.15, 0.2) is 11.4 Å². The molecule has 0 unspecified atom stereocenters. The van der Waals surface area contributed by atoms with E-state index >= 15 is 0 Å². The molecule has 3 aromatic rings. The third-order valence-electron chi connectivity index (χ3n) is 5.15. The van der Waals surface area contributed by atoms with Crippen LogP contribution in [-0.2, 0) is 10.3 Å². The number of nitrogens with zero attached hydrogens (tertiary/aromatic N) is 1. The van der Waals surface area contributed by atoms with Gasteiger partial charge in [0.25, 0.3) is 0 Å². The minimum atomic E-state index is -0.269. The van der Waals surface area contributed by atoms with Crippen LogP contribution in [0.5, 0.6) is 0 Å². The quantitative estimate of drug-likeness (QED) is 0.625. The molecule has 1 saturated carbocycles. The minimum absolute atomic E-state index is 0.269. The first-order valence-electron chi connectivity index (χ1n) is 8.67. The van der Waals surface area contributed by atoms with Crippen LogP contribution in [0.15, 0.2) is 65.1 Å². The normalized spacial score (nSPS) is 25.2. The molecule has 2 atom stereocenters. The van der Waals surface area contributed by atoms with E-state index in [2.05, 4.69) is 24.3 Å². The molecule has 120 valence electrons. The molecule has 2 heterocycles. The monoisotopic (exact) mass is 317 g/mol. The molecule has 2 aliphatic rings. The van der Waals surface area contributed by atoms with Crippen LogP contribution in [0.4, 0.5) is 0 Å². The van der Waals surface area contributed by atoms with Crippen LogP contribution in [0, 0.1) is 0 Å². The molecule has 1 aliphatic heterocycles. The SMILES string of the molecule is c1ccc(-c2nc([C@]34CCCC[C@H]3O4)oc2-c2ccccc2)cc1. The van der Waals surface area contributed by atoms with Crippen LogP contribution in [0.2, 0.25) is 0 Å². The van der Waals surface area contributed by atoms with E-state index in [0.29, 0.717) is 0 Å². The van der Waals surface area contributed by atoms with Crippen LogP contribution in [0.1, 0.15) is 31.6 Å². The van der Waals surface area contributed by atoms with Crippen molar-refractivity contribution < 1.29 is 9.15 Å². The lowest BCUT2D eigenvalue weighted by Gasteiger charge is -2.13. The minimum Gasteiger partial charge on any atom is -0.437 e. The maximum Gasteiger partial charge on any atom is 0.230 e. The third kappa shape index (κ3) is 2.12. The molecule has 2 fully saturated rings. The highest BCUT2D eigenvalue weighted by Crippen LogP contribution is 2.56. The standard InChI is InChI=1S/C21H19NO2/c1-3-9-15(10-4-1)18-19(16-11-5-2-6-12-16)23-20(22-18)21-14-8-7-13-17(21)24-21/h1-6,9-12,17H,7-8,13-14H2/t17-,21+/m1/s1. The summed E-state index contributed by atoms with van der Waals surface area (Å²) in [5, 5.41) is 0. The number of rotatable bonds is 3. The maximum absolute atomic E-state index is 6.30. The number of oxazole rings is 1. The van der Waals surface area contributed by atoms with E-state index in [-0.39, 0.29) is 11.7 Å². The zero-order valence-corrected chi connectivity index (χ0v) is 13.4. The van der Waals surface area contributed by atoms with Gasteiger partial charge >= 0.3 is 0 Å². The van der Waals surface area contributed by atoms with Gasteiger partial charge in [-0.15, -0.1) is 0 Å². The molecule has 3 heteroatoms. The van der Waals surface area contributed by atoms with Gasteiger partial charge in [-0.2, -0.15) is 0 Å². The van der Waals surface area contributed by atoms with E-state index in [1.54, 1.807) is 0 Å². The Bertz CT molecular complexity index is 799. The zero-order valence-electron chi connectivity index (χ0n) is 13.4. The Labute approximate surface area is 141 Å². The molecule has 1 aliphatic carbocycles. The van der Waals surface area contributed by atoms with Crippen LogP contribution >= 0.6 is 0 Å². The maximum atomic E-state index is 6.30. The van der Waals surface area contributed by atoms with Gasteiger partial charge in [0, 0.05) is 11.1 Å². The van der Waals surface area contributed by atoms with Gasteiger partial charge in [-0.3, -0.25) is 0 Å². The van der Waals surface area contributed by atoms with Gasteiger partial charge < -0.3 is 9.15 Å². The van der Waals surface area contributed by atoms with E-state index in [9.17, 15) is 0 Å². The summed E-state index contributed by atoms with van der Waals surface area (Å²) in [4.78, 5) is 4.90. The van der Waals surface area contributed by atoms with Crippen LogP contribution in [-0.4, -0.2) is 11.1 Å². The molecule has 1 aromatic heterocycles. The summed E-state index contributed by atoms with van der Waals surface area (Å²) in [6.07, 6.45) is 4.84. The van der Waals surface area contributed by atoms with Crippen LogP contribution in [0.3, 0.4) is 0 Å². The largest absolute Gasteiger partial charge is 0.437 e. The summed E-state index contributed by atoms with van der Waals surface area (Å²) in [5.74, 6) is 1.59. The smallest absolute Gasteiger partial charge is 0.230 e. The number of benzene rings is 2. The van der Waals surface area contributed by atoms with E-state index < -0.39 is 0 Å². The molecule has 0 spiro atoms.